The van der Waals surface area contributed by atoms with E-state index in [4.69, 9.17) is 5.10 Å². The summed E-state index contributed by atoms with van der Waals surface area (Å²) >= 11 is 0. The highest BCUT2D eigenvalue weighted by atomic mass is 15.5. The number of aromatic nitrogens is 3. The molecule has 3 aromatic rings. The van der Waals surface area contributed by atoms with E-state index >= 15 is 0 Å². The highest BCUT2D eigenvalue weighted by Gasteiger charge is 2.25. The summed E-state index contributed by atoms with van der Waals surface area (Å²) in [6.07, 6.45) is 15.0. The zero-order valence-corrected chi connectivity index (χ0v) is 19.7. The fraction of sp³-hybridized carbons (Fsp3) is 0.296. The number of hydrazone groups is 1. The number of anilines is 2. The third-order valence-electron chi connectivity index (χ3n) is 5.92. The van der Waals surface area contributed by atoms with E-state index in [0.717, 1.165) is 43.3 Å². The Bertz CT molecular complexity index is 1110. The zero-order valence-electron chi connectivity index (χ0n) is 19.7. The molecule has 2 aromatic heterocycles. The zero-order chi connectivity index (χ0) is 23.0. The predicted octanol–water partition coefficient (Wildman–Crippen LogP) is 5.51. The van der Waals surface area contributed by atoms with Crippen LogP contribution in [0.4, 0.5) is 11.5 Å². The molecule has 0 radical (unpaired) electrons. The molecule has 0 amide bonds. The van der Waals surface area contributed by atoms with Crippen molar-refractivity contribution < 1.29 is 0 Å². The first kappa shape index (κ1) is 22.5. The lowest BCUT2D eigenvalue weighted by atomic mass is 10.1. The van der Waals surface area contributed by atoms with Crippen molar-refractivity contribution >= 4 is 29.4 Å². The summed E-state index contributed by atoms with van der Waals surface area (Å²) in [6, 6.07) is 14.7. The second kappa shape index (κ2) is 10.8. The van der Waals surface area contributed by atoms with E-state index in [1.807, 2.05) is 41.9 Å². The summed E-state index contributed by atoms with van der Waals surface area (Å²) in [5.41, 5.74) is 4.56. The summed E-state index contributed by atoms with van der Waals surface area (Å²) in [5.74, 6) is 0.850. The third kappa shape index (κ3) is 5.40. The van der Waals surface area contributed by atoms with Gasteiger partial charge in [-0.2, -0.15) is 5.10 Å². The SMILES string of the molecule is CCN(CC)c1ccc(C=CC2=NN(c3ccccn3)C(C=Cc3cncn3CC)C2)cc1. The first-order chi connectivity index (χ1) is 16.2. The van der Waals surface area contributed by atoms with E-state index in [1.54, 1.807) is 0 Å². The van der Waals surface area contributed by atoms with E-state index in [9.17, 15) is 0 Å². The van der Waals surface area contributed by atoms with Crippen molar-refractivity contribution in [3.8, 4) is 0 Å². The fourth-order valence-corrected chi connectivity index (χ4v) is 4.04. The van der Waals surface area contributed by atoms with Crippen molar-refractivity contribution in [3.63, 3.8) is 0 Å². The predicted molar refractivity (Wildman–Crippen MR) is 139 cm³/mol. The molecule has 0 bridgehead atoms. The first-order valence-corrected chi connectivity index (χ1v) is 11.7. The minimum absolute atomic E-state index is 0.102. The van der Waals surface area contributed by atoms with Crippen molar-refractivity contribution in [3.05, 3.63) is 84.6 Å². The number of allylic oxidation sites excluding steroid dienone is 1. The van der Waals surface area contributed by atoms with Crippen molar-refractivity contribution in [2.45, 2.75) is 39.8 Å². The maximum Gasteiger partial charge on any atom is 0.149 e. The smallest absolute Gasteiger partial charge is 0.149 e. The number of benzene rings is 1. The second-order valence-electron chi connectivity index (χ2n) is 7.96. The van der Waals surface area contributed by atoms with E-state index in [-0.39, 0.29) is 6.04 Å². The highest BCUT2D eigenvalue weighted by molar-refractivity contribution is 6.01. The molecule has 1 aliphatic heterocycles. The minimum Gasteiger partial charge on any atom is -0.372 e. The molecule has 1 aromatic carbocycles. The molecule has 0 fully saturated rings. The van der Waals surface area contributed by atoms with Crippen LogP contribution in [0.3, 0.4) is 0 Å². The van der Waals surface area contributed by atoms with Gasteiger partial charge in [0.15, 0.2) is 0 Å². The number of imidazole rings is 1. The van der Waals surface area contributed by atoms with Gasteiger partial charge in [0.1, 0.15) is 5.82 Å². The minimum atomic E-state index is 0.102. The number of rotatable bonds is 9. The standard InChI is InChI=1S/C27H32N6/c1-4-31(5-2)24-14-11-22(12-15-24)10-13-23-19-25(16-17-26-20-28-21-32(26)6-3)33(30-23)27-9-7-8-18-29-27/h7-18,20-21,25H,4-6,19H2,1-3H3. The molecule has 1 unspecified atom stereocenters. The molecule has 1 aliphatic rings. The third-order valence-corrected chi connectivity index (χ3v) is 5.92. The largest absolute Gasteiger partial charge is 0.372 e. The number of aryl methyl sites for hydroxylation is 1. The molecular formula is C27H32N6. The molecule has 4 rings (SSSR count). The maximum atomic E-state index is 4.89. The average Bonchev–Trinajstić information content (AvgIpc) is 3.50. The van der Waals surface area contributed by atoms with Gasteiger partial charge in [0.2, 0.25) is 0 Å². The Kier molecular flexibility index (Phi) is 7.35. The highest BCUT2D eigenvalue weighted by Crippen LogP contribution is 2.25. The topological polar surface area (TPSA) is 49.6 Å². The van der Waals surface area contributed by atoms with Crippen LogP contribution in [0.2, 0.25) is 0 Å². The monoisotopic (exact) mass is 440 g/mol. The van der Waals surface area contributed by atoms with Gasteiger partial charge >= 0.3 is 0 Å². The Balaban J connectivity index is 1.52. The quantitative estimate of drug-likeness (QED) is 0.440. The van der Waals surface area contributed by atoms with Crippen LogP contribution < -0.4 is 9.91 Å². The Labute approximate surface area is 196 Å². The summed E-state index contributed by atoms with van der Waals surface area (Å²) in [5, 5.41) is 6.89. The fourth-order valence-electron chi connectivity index (χ4n) is 4.04. The molecule has 33 heavy (non-hydrogen) atoms. The maximum absolute atomic E-state index is 4.89. The van der Waals surface area contributed by atoms with Crippen LogP contribution in [0, 0.1) is 0 Å². The molecular weight excluding hydrogens is 408 g/mol. The van der Waals surface area contributed by atoms with Gasteiger partial charge in [-0.3, -0.25) is 0 Å². The normalized spacial score (nSPS) is 16.2. The summed E-state index contributed by atoms with van der Waals surface area (Å²) in [4.78, 5) is 11.1. The lowest BCUT2D eigenvalue weighted by Crippen LogP contribution is -2.24. The van der Waals surface area contributed by atoms with Gasteiger partial charge in [-0.1, -0.05) is 30.4 Å². The van der Waals surface area contributed by atoms with Crippen LogP contribution in [0.25, 0.3) is 12.2 Å². The molecule has 0 N–H and O–H groups in total. The molecule has 170 valence electrons. The second-order valence-corrected chi connectivity index (χ2v) is 7.96. The van der Waals surface area contributed by atoms with Gasteiger partial charge in [0.05, 0.1) is 30.0 Å². The molecule has 3 heterocycles. The van der Waals surface area contributed by atoms with Crippen molar-refractivity contribution in [1.82, 2.24) is 14.5 Å². The summed E-state index contributed by atoms with van der Waals surface area (Å²) in [7, 11) is 0. The average molecular weight is 441 g/mol. The van der Waals surface area contributed by atoms with E-state index in [2.05, 4.69) is 88.8 Å². The van der Waals surface area contributed by atoms with Crippen LogP contribution >= 0.6 is 0 Å². The van der Waals surface area contributed by atoms with Gasteiger partial charge in [0.25, 0.3) is 0 Å². The Morgan fingerprint density at radius 2 is 1.82 bits per heavy atom. The molecule has 0 saturated heterocycles. The first-order valence-electron chi connectivity index (χ1n) is 11.7. The number of pyridine rings is 1. The Morgan fingerprint density at radius 1 is 1.00 bits per heavy atom. The van der Waals surface area contributed by atoms with E-state index in [1.165, 1.54) is 11.3 Å². The molecule has 0 aliphatic carbocycles. The van der Waals surface area contributed by atoms with Crippen molar-refractivity contribution in [1.29, 1.82) is 0 Å². The van der Waals surface area contributed by atoms with Crippen molar-refractivity contribution in [2.75, 3.05) is 23.0 Å². The molecule has 0 saturated carbocycles. The van der Waals surface area contributed by atoms with Gasteiger partial charge in [-0.15, -0.1) is 0 Å². The van der Waals surface area contributed by atoms with Gasteiger partial charge in [-0.25, -0.2) is 15.0 Å². The van der Waals surface area contributed by atoms with E-state index in [0.29, 0.717) is 0 Å². The number of nitrogens with zero attached hydrogens (tertiary/aromatic N) is 6. The van der Waals surface area contributed by atoms with E-state index < -0.39 is 0 Å². The molecule has 6 nitrogen and oxygen atoms in total. The Hall–Kier alpha value is -3.67. The number of hydrogen-bond acceptors (Lipinski definition) is 5. The molecule has 1 atom stereocenters. The van der Waals surface area contributed by atoms with Crippen LogP contribution in [0.15, 0.2) is 78.4 Å². The lowest BCUT2D eigenvalue weighted by molar-refractivity contribution is 0.750. The van der Waals surface area contributed by atoms with Crippen LogP contribution in [0.1, 0.15) is 38.4 Å². The van der Waals surface area contributed by atoms with Gasteiger partial charge in [-0.05, 0) is 62.8 Å². The van der Waals surface area contributed by atoms with Crippen LogP contribution in [-0.4, -0.2) is 39.4 Å². The molecule has 6 heteroatoms. The lowest BCUT2D eigenvalue weighted by Gasteiger charge is -2.20. The number of hydrogen-bond donors (Lipinski definition) is 0. The van der Waals surface area contributed by atoms with Crippen LogP contribution in [-0.2, 0) is 6.54 Å². The Morgan fingerprint density at radius 3 is 2.52 bits per heavy atom. The summed E-state index contributed by atoms with van der Waals surface area (Å²) in [6.45, 7) is 9.41. The van der Waals surface area contributed by atoms with Crippen molar-refractivity contribution in [2.24, 2.45) is 5.10 Å². The van der Waals surface area contributed by atoms with Crippen LogP contribution in [0.5, 0.6) is 0 Å². The summed E-state index contributed by atoms with van der Waals surface area (Å²) < 4.78 is 2.13. The van der Waals surface area contributed by atoms with Gasteiger partial charge < -0.3 is 9.47 Å². The molecule has 0 spiro atoms. The van der Waals surface area contributed by atoms with Gasteiger partial charge in [0, 0.05) is 37.9 Å².